The van der Waals surface area contributed by atoms with Crippen LogP contribution in [0.1, 0.15) is 38.5 Å². The Hall–Kier alpha value is -2.42. The number of carbonyl (C=O) groups is 1. The molecule has 4 rings (SSSR count). The van der Waals surface area contributed by atoms with E-state index in [1.165, 1.54) is 32.2 Å². The molecule has 9 nitrogen and oxygen atoms in total. The Bertz CT molecular complexity index is 728. The van der Waals surface area contributed by atoms with E-state index in [2.05, 4.69) is 35.4 Å². The molecule has 3 aliphatic rings. The zero-order valence-corrected chi connectivity index (χ0v) is 18.7. The van der Waals surface area contributed by atoms with Gasteiger partial charge in [-0.3, -0.25) is 14.7 Å². The van der Waals surface area contributed by atoms with E-state index < -0.39 is 0 Å². The number of piperazine rings is 1. The van der Waals surface area contributed by atoms with Crippen LogP contribution in [0.4, 0.5) is 5.95 Å². The van der Waals surface area contributed by atoms with Gasteiger partial charge in [0.1, 0.15) is 0 Å². The highest BCUT2D eigenvalue weighted by Gasteiger charge is 2.30. The maximum atomic E-state index is 12.6. The molecule has 3 heterocycles. The first-order chi connectivity index (χ1) is 15.2. The van der Waals surface area contributed by atoms with Gasteiger partial charge in [0, 0.05) is 83.8 Å². The third-order valence-corrected chi connectivity index (χ3v) is 6.72. The zero-order valence-electron chi connectivity index (χ0n) is 18.7. The summed E-state index contributed by atoms with van der Waals surface area (Å²) in [5.41, 5.74) is 0. The molecule has 0 radical (unpaired) electrons. The van der Waals surface area contributed by atoms with Gasteiger partial charge in [-0.1, -0.05) is 12.8 Å². The SMILES string of the molecule is CN=C(NCCC(=O)N1CCN(c2ncccn2)CC1)NC1CCN(C2CCCC2)C1. The normalized spacial score (nSPS) is 23.4. The molecule has 9 heteroatoms. The number of nitrogens with one attached hydrogen (secondary N) is 2. The van der Waals surface area contributed by atoms with E-state index in [-0.39, 0.29) is 5.91 Å². The first kappa shape index (κ1) is 21.8. The summed E-state index contributed by atoms with van der Waals surface area (Å²) in [7, 11) is 1.80. The highest BCUT2D eigenvalue weighted by Crippen LogP contribution is 2.26. The number of carbonyl (C=O) groups excluding carboxylic acids is 1. The number of anilines is 1. The van der Waals surface area contributed by atoms with Crippen LogP contribution in [0.25, 0.3) is 0 Å². The molecule has 2 saturated heterocycles. The molecule has 2 N–H and O–H groups in total. The summed E-state index contributed by atoms with van der Waals surface area (Å²) in [6, 6.07) is 3.04. The van der Waals surface area contributed by atoms with Crippen molar-refractivity contribution < 1.29 is 4.79 Å². The second-order valence-corrected chi connectivity index (χ2v) is 8.73. The van der Waals surface area contributed by atoms with Crippen molar-refractivity contribution in [2.24, 2.45) is 4.99 Å². The van der Waals surface area contributed by atoms with Crippen molar-refractivity contribution in [1.29, 1.82) is 0 Å². The Morgan fingerprint density at radius 3 is 2.55 bits per heavy atom. The Labute approximate surface area is 185 Å². The molecule has 0 aromatic carbocycles. The maximum absolute atomic E-state index is 12.6. The van der Waals surface area contributed by atoms with Crippen LogP contribution in [0.15, 0.2) is 23.5 Å². The molecule has 0 spiro atoms. The molecule has 31 heavy (non-hydrogen) atoms. The molecular formula is C22H36N8O. The first-order valence-electron chi connectivity index (χ1n) is 11.7. The second kappa shape index (κ2) is 10.7. The van der Waals surface area contributed by atoms with Gasteiger partial charge in [-0.05, 0) is 25.3 Å². The van der Waals surface area contributed by atoms with Gasteiger partial charge in [-0.15, -0.1) is 0 Å². The van der Waals surface area contributed by atoms with Gasteiger partial charge in [0.2, 0.25) is 11.9 Å². The summed E-state index contributed by atoms with van der Waals surface area (Å²) < 4.78 is 0. The van der Waals surface area contributed by atoms with Crippen LogP contribution in [0.5, 0.6) is 0 Å². The highest BCUT2D eigenvalue weighted by molar-refractivity contribution is 5.81. The fourth-order valence-electron chi connectivity index (χ4n) is 4.95. The van der Waals surface area contributed by atoms with Crippen molar-refractivity contribution in [3.63, 3.8) is 0 Å². The van der Waals surface area contributed by atoms with Crippen molar-refractivity contribution >= 4 is 17.8 Å². The Balaban J connectivity index is 1.14. The van der Waals surface area contributed by atoms with Gasteiger partial charge in [0.15, 0.2) is 5.96 Å². The molecule has 1 unspecified atom stereocenters. The van der Waals surface area contributed by atoms with Crippen LogP contribution < -0.4 is 15.5 Å². The van der Waals surface area contributed by atoms with E-state index in [1.807, 2.05) is 11.0 Å². The highest BCUT2D eigenvalue weighted by atomic mass is 16.2. The lowest BCUT2D eigenvalue weighted by atomic mass is 10.2. The predicted octanol–water partition coefficient (Wildman–Crippen LogP) is 0.697. The van der Waals surface area contributed by atoms with E-state index >= 15 is 0 Å². The predicted molar refractivity (Wildman–Crippen MR) is 122 cm³/mol. The van der Waals surface area contributed by atoms with Crippen molar-refractivity contribution in [2.45, 2.75) is 50.6 Å². The van der Waals surface area contributed by atoms with E-state index in [1.54, 1.807) is 19.4 Å². The number of aromatic nitrogens is 2. The van der Waals surface area contributed by atoms with Crippen molar-refractivity contribution in [2.75, 3.05) is 57.8 Å². The van der Waals surface area contributed by atoms with Crippen LogP contribution in [0, 0.1) is 0 Å². The molecule has 1 atom stereocenters. The van der Waals surface area contributed by atoms with E-state index in [4.69, 9.17) is 0 Å². The summed E-state index contributed by atoms with van der Waals surface area (Å²) in [5, 5.41) is 6.88. The molecule has 1 aromatic heterocycles. The number of hydrogen-bond acceptors (Lipinski definition) is 6. The minimum atomic E-state index is 0.185. The molecular weight excluding hydrogens is 392 g/mol. The van der Waals surface area contributed by atoms with Crippen LogP contribution in [0.3, 0.4) is 0 Å². The number of rotatable bonds is 6. The molecule has 0 bridgehead atoms. The second-order valence-electron chi connectivity index (χ2n) is 8.73. The van der Waals surface area contributed by atoms with Crippen molar-refractivity contribution in [3.05, 3.63) is 18.5 Å². The largest absolute Gasteiger partial charge is 0.356 e. The third-order valence-electron chi connectivity index (χ3n) is 6.72. The van der Waals surface area contributed by atoms with Crippen LogP contribution >= 0.6 is 0 Å². The monoisotopic (exact) mass is 428 g/mol. The number of nitrogens with zero attached hydrogens (tertiary/aromatic N) is 6. The smallest absolute Gasteiger partial charge is 0.225 e. The van der Waals surface area contributed by atoms with E-state index in [0.29, 0.717) is 32.1 Å². The number of amides is 1. The molecule has 3 fully saturated rings. The minimum absolute atomic E-state index is 0.185. The maximum Gasteiger partial charge on any atom is 0.225 e. The Morgan fingerprint density at radius 1 is 1.10 bits per heavy atom. The standard InChI is InChI=1S/C22H36N8O/c1-23-21(27-18-8-12-30(17-18)19-5-2-3-6-19)24-11-7-20(31)28-13-15-29(16-14-28)22-25-9-4-10-26-22/h4,9-10,18-19H,2-3,5-8,11-17H2,1H3,(H2,23,24,27). The summed E-state index contributed by atoms with van der Waals surface area (Å²) in [6.45, 7) is 5.83. The first-order valence-corrected chi connectivity index (χ1v) is 11.7. The summed E-state index contributed by atoms with van der Waals surface area (Å²) in [4.78, 5) is 32.3. The minimum Gasteiger partial charge on any atom is -0.356 e. The summed E-state index contributed by atoms with van der Waals surface area (Å²) in [6.07, 6.45) is 10.6. The third kappa shape index (κ3) is 5.84. The fourth-order valence-corrected chi connectivity index (χ4v) is 4.95. The van der Waals surface area contributed by atoms with Crippen molar-refractivity contribution in [1.82, 2.24) is 30.4 Å². The number of guanidine groups is 1. The lowest BCUT2D eigenvalue weighted by Crippen LogP contribution is -2.50. The Morgan fingerprint density at radius 2 is 1.84 bits per heavy atom. The van der Waals surface area contributed by atoms with Gasteiger partial charge in [0.25, 0.3) is 0 Å². The molecule has 170 valence electrons. The summed E-state index contributed by atoms with van der Waals surface area (Å²) in [5.74, 6) is 1.73. The Kier molecular flexibility index (Phi) is 7.56. The summed E-state index contributed by atoms with van der Waals surface area (Å²) >= 11 is 0. The van der Waals surface area contributed by atoms with Crippen LogP contribution in [0.2, 0.25) is 0 Å². The fraction of sp³-hybridized carbons (Fsp3) is 0.727. The number of hydrogen-bond donors (Lipinski definition) is 2. The van der Waals surface area contributed by atoms with Gasteiger partial charge < -0.3 is 20.4 Å². The topological polar surface area (TPSA) is 89.0 Å². The van der Waals surface area contributed by atoms with Gasteiger partial charge in [0.05, 0.1) is 0 Å². The molecule has 1 saturated carbocycles. The lowest BCUT2D eigenvalue weighted by Gasteiger charge is -2.34. The molecule has 1 aliphatic carbocycles. The quantitative estimate of drug-likeness (QED) is 0.509. The van der Waals surface area contributed by atoms with Gasteiger partial charge >= 0.3 is 0 Å². The molecule has 1 aromatic rings. The van der Waals surface area contributed by atoms with Gasteiger partial charge in [-0.25, -0.2) is 9.97 Å². The average molecular weight is 429 g/mol. The molecule has 1 amide bonds. The lowest BCUT2D eigenvalue weighted by molar-refractivity contribution is -0.131. The zero-order chi connectivity index (χ0) is 21.5. The van der Waals surface area contributed by atoms with E-state index in [0.717, 1.165) is 44.0 Å². The van der Waals surface area contributed by atoms with Crippen LogP contribution in [-0.2, 0) is 4.79 Å². The van der Waals surface area contributed by atoms with Crippen molar-refractivity contribution in [3.8, 4) is 0 Å². The molecule has 2 aliphatic heterocycles. The van der Waals surface area contributed by atoms with Gasteiger partial charge in [-0.2, -0.15) is 0 Å². The average Bonchev–Trinajstić information content (AvgIpc) is 3.51. The number of aliphatic imine (C=N–C) groups is 1. The van der Waals surface area contributed by atoms with Crippen LogP contribution in [-0.4, -0.2) is 96.6 Å². The number of likely N-dealkylation sites (tertiary alicyclic amines) is 1. The van der Waals surface area contributed by atoms with E-state index in [9.17, 15) is 4.79 Å².